The Morgan fingerprint density at radius 1 is 1.19 bits per heavy atom. The molecule has 0 aliphatic carbocycles. The number of fused-ring (bicyclic) bond motifs is 1. The van der Waals surface area contributed by atoms with Crippen LogP contribution in [-0.2, 0) is 9.47 Å². The zero-order chi connectivity index (χ0) is 23.2. The van der Waals surface area contributed by atoms with Gasteiger partial charge < -0.3 is 18.8 Å². The fourth-order valence-electron chi connectivity index (χ4n) is 3.29. The molecule has 168 valence electrons. The smallest absolute Gasteiger partial charge is 0.278 e. The minimum absolute atomic E-state index is 0.0483. The molecular weight excluding hydrogens is 489 g/mol. The van der Waals surface area contributed by atoms with Gasteiger partial charge in [-0.1, -0.05) is 40.9 Å². The molecule has 0 atom stereocenters. The predicted molar refractivity (Wildman–Crippen MR) is 117 cm³/mol. The molecule has 3 aromatic rings. The summed E-state index contributed by atoms with van der Waals surface area (Å²) in [4.78, 5) is 16.9. The predicted octanol–water partition coefficient (Wildman–Crippen LogP) is 6.29. The lowest BCUT2D eigenvalue weighted by Crippen LogP contribution is -2.21. The van der Waals surface area contributed by atoms with Crippen molar-refractivity contribution in [2.24, 2.45) is 0 Å². The lowest BCUT2D eigenvalue weighted by molar-refractivity contribution is -0.119. The topological polar surface area (TPSA) is 62.6 Å². The summed E-state index contributed by atoms with van der Waals surface area (Å²) in [6.07, 6.45) is -0.446. The molecule has 0 bridgehead atoms. The number of hydrogen-bond acceptors (Lipinski definition) is 5. The summed E-state index contributed by atoms with van der Waals surface area (Å²) in [5.41, 5.74) is -1.40. The Kier molecular flexibility index (Phi) is 5.96. The molecule has 0 spiro atoms. The fourth-order valence-corrected chi connectivity index (χ4v) is 4.08. The normalized spacial score (nSPS) is 14.9. The number of hydrogen-bond donors (Lipinski definition) is 0. The van der Waals surface area contributed by atoms with Crippen LogP contribution in [0.15, 0.2) is 47.3 Å². The van der Waals surface area contributed by atoms with Crippen molar-refractivity contribution < 1.29 is 23.0 Å². The number of alkyl halides is 2. The number of nitrogens with zero attached hydrogens (tertiary/aromatic N) is 2. The molecule has 0 saturated carbocycles. The summed E-state index contributed by atoms with van der Waals surface area (Å²) in [5.74, 6) is -0.617. The third-order valence-electron chi connectivity index (χ3n) is 4.57. The molecule has 0 unspecified atom stereocenters. The number of rotatable bonds is 5. The van der Waals surface area contributed by atoms with E-state index in [1.165, 1.54) is 24.6 Å². The van der Waals surface area contributed by atoms with Crippen LogP contribution in [-0.4, -0.2) is 21.9 Å². The fraction of sp³-hybridized carbons (Fsp3) is 0.238. The van der Waals surface area contributed by atoms with Crippen molar-refractivity contribution in [3.05, 3.63) is 73.5 Å². The Hall–Kier alpha value is -2.55. The third-order valence-corrected chi connectivity index (χ3v) is 5.45. The highest BCUT2D eigenvalue weighted by Gasteiger charge is 2.29. The number of ether oxygens (including phenoxy) is 3. The molecule has 0 N–H and O–H groups in total. The summed E-state index contributed by atoms with van der Waals surface area (Å²) >= 11 is 18.9. The van der Waals surface area contributed by atoms with Gasteiger partial charge in [0.25, 0.3) is 6.43 Å². The molecule has 11 heteroatoms. The zero-order valence-electron chi connectivity index (χ0n) is 16.7. The third kappa shape index (κ3) is 4.10. The van der Waals surface area contributed by atoms with E-state index in [2.05, 4.69) is 4.98 Å². The van der Waals surface area contributed by atoms with Crippen LogP contribution in [0, 0.1) is 0 Å². The van der Waals surface area contributed by atoms with Gasteiger partial charge in [0.1, 0.15) is 11.6 Å². The minimum atomic E-state index is -3.02. The maximum Gasteiger partial charge on any atom is 0.278 e. The summed E-state index contributed by atoms with van der Waals surface area (Å²) in [7, 11) is 0. The monoisotopic (exact) mass is 502 g/mol. The van der Waals surface area contributed by atoms with Crippen LogP contribution in [0.2, 0.25) is 15.1 Å². The van der Waals surface area contributed by atoms with Gasteiger partial charge in [0.2, 0.25) is 11.7 Å². The second kappa shape index (κ2) is 8.42. The molecule has 1 aliphatic heterocycles. The van der Waals surface area contributed by atoms with E-state index in [1.54, 1.807) is 19.9 Å². The quantitative estimate of drug-likeness (QED) is 0.410. The Bertz CT molecular complexity index is 1290. The largest absolute Gasteiger partial charge is 0.469 e. The summed E-state index contributed by atoms with van der Waals surface area (Å²) in [6.45, 7) is 3.31. The van der Waals surface area contributed by atoms with Crippen LogP contribution in [0.1, 0.15) is 26.0 Å². The molecule has 1 aromatic carbocycles. The molecule has 32 heavy (non-hydrogen) atoms. The lowest BCUT2D eigenvalue weighted by atomic mass is 10.1. The highest BCUT2D eigenvalue weighted by molar-refractivity contribution is 6.38. The van der Waals surface area contributed by atoms with Gasteiger partial charge in [-0.25, -0.2) is 13.8 Å². The van der Waals surface area contributed by atoms with Crippen molar-refractivity contribution in [2.45, 2.75) is 26.1 Å². The number of halogens is 5. The van der Waals surface area contributed by atoms with Crippen LogP contribution >= 0.6 is 34.8 Å². The van der Waals surface area contributed by atoms with E-state index in [1.807, 2.05) is 0 Å². The average molecular weight is 504 g/mol. The molecule has 4 rings (SSSR count). The number of pyridine rings is 2. The van der Waals surface area contributed by atoms with Crippen LogP contribution in [0.25, 0.3) is 16.6 Å². The van der Waals surface area contributed by atoms with Gasteiger partial charge in [-0.2, -0.15) is 0 Å². The minimum Gasteiger partial charge on any atom is -0.469 e. The van der Waals surface area contributed by atoms with E-state index < -0.39 is 23.3 Å². The Morgan fingerprint density at radius 2 is 1.88 bits per heavy atom. The number of para-hydroxylation sites is 1. The molecule has 2 aromatic heterocycles. The summed E-state index contributed by atoms with van der Waals surface area (Å²) in [6, 6.07) is 5.33. The van der Waals surface area contributed by atoms with E-state index >= 15 is 0 Å². The van der Waals surface area contributed by atoms with Crippen LogP contribution in [0.4, 0.5) is 8.78 Å². The first-order valence-electron chi connectivity index (χ1n) is 9.24. The Labute approximate surface area is 195 Å². The van der Waals surface area contributed by atoms with Crippen LogP contribution < -0.4 is 10.2 Å². The van der Waals surface area contributed by atoms with Crippen LogP contribution in [0.3, 0.4) is 0 Å². The van der Waals surface area contributed by atoms with Gasteiger partial charge in [0.15, 0.2) is 17.8 Å². The number of aromatic nitrogens is 2. The first kappa shape index (κ1) is 22.6. The highest BCUT2D eigenvalue weighted by Crippen LogP contribution is 2.38. The molecular formula is C21H15Cl3F2N2O4. The van der Waals surface area contributed by atoms with Gasteiger partial charge in [0, 0.05) is 19.9 Å². The first-order valence-corrected chi connectivity index (χ1v) is 10.4. The molecule has 1 aliphatic rings. The standard InChI is InChI=1S/C21H15Cl3F2N2O4/c1-21(2)31-9-10(32-21)8-30-20-16-15(29)6-14(19(25)26)28(18(16)13(24)7-27-20)17-11(22)4-3-5-12(17)23/h3-7,9,19H,8H2,1-2H3. The van der Waals surface area contributed by atoms with Gasteiger partial charge in [-0.15, -0.1) is 0 Å². The maximum atomic E-state index is 14.0. The van der Waals surface area contributed by atoms with Crippen molar-refractivity contribution in [1.29, 1.82) is 0 Å². The summed E-state index contributed by atoms with van der Waals surface area (Å²) in [5, 5.41) is -0.00688. The Balaban J connectivity index is 1.94. The lowest BCUT2D eigenvalue weighted by Gasteiger charge is -2.21. The second-order valence-electron chi connectivity index (χ2n) is 7.27. The maximum absolute atomic E-state index is 14.0. The van der Waals surface area contributed by atoms with Crippen molar-refractivity contribution in [3.63, 3.8) is 0 Å². The van der Waals surface area contributed by atoms with E-state index in [0.717, 1.165) is 10.6 Å². The van der Waals surface area contributed by atoms with E-state index in [0.29, 0.717) is 5.76 Å². The van der Waals surface area contributed by atoms with Crippen molar-refractivity contribution in [3.8, 4) is 11.6 Å². The molecule has 6 nitrogen and oxygen atoms in total. The first-order chi connectivity index (χ1) is 15.1. The van der Waals surface area contributed by atoms with Gasteiger partial charge in [0.05, 0.1) is 38.2 Å². The highest BCUT2D eigenvalue weighted by atomic mass is 35.5. The van der Waals surface area contributed by atoms with Gasteiger partial charge in [-0.05, 0) is 12.1 Å². The van der Waals surface area contributed by atoms with Gasteiger partial charge in [-0.3, -0.25) is 4.79 Å². The molecule has 3 heterocycles. The Morgan fingerprint density at radius 3 is 2.47 bits per heavy atom. The van der Waals surface area contributed by atoms with Crippen molar-refractivity contribution in [1.82, 2.24) is 9.55 Å². The van der Waals surface area contributed by atoms with E-state index in [9.17, 15) is 13.6 Å². The summed E-state index contributed by atoms with van der Waals surface area (Å²) < 4.78 is 45.6. The molecule has 0 fully saturated rings. The van der Waals surface area contributed by atoms with Crippen molar-refractivity contribution >= 4 is 45.7 Å². The zero-order valence-corrected chi connectivity index (χ0v) is 18.9. The second-order valence-corrected chi connectivity index (χ2v) is 8.49. The van der Waals surface area contributed by atoms with Gasteiger partial charge >= 0.3 is 0 Å². The SMILES string of the molecule is CC1(C)OC=C(COc2ncc(Cl)c3c2c(=O)cc(C(F)F)n3-c2c(Cl)cccc2Cl)O1. The van der Waals surface area contributed by atoms with Crippen molar-refractivity contribution in [2.75, 3.05) is 6.61 Å². The van der Waals surface area contributed by atoms with Crippen LogP contribution in [0.5, 0.6) is 5.88 Å². The molecule has 0 radical (unpaired) electrons. The number of benzene rings is 1. The molecule has 0 amide bonds. The van der Waals surface area contributed by atoms with E-state index in [4.69, 9.17) is 49.0 Å². The van der Waals surface area contributed by atoms with E-state index in [-0.39, 0.29) is 44.1 Å². The average Bonchev–Trinajstić information content (AvgIpc) is 3.07. The molecule has 0 saturated heterocycles.